The normalized spacial score (nSPS) is 26.5. The van der Waals surface area contributed by atoms with Gasteiger partial charge in [0.05, 0.1) is 0 Å². The molecule has 78 valence electrons. The van der Waals surface area contributed by atoms with Gasteiger partial charge in [0.1, 0.15) is 12.1 Å². The smallest absolute Gasteiger partial charge is 0.737 e. The first-order valence-electron chi connectivity index (χ1n) is 5.00. The maximum absolute atomic E-state index is 11.3. The van der Waals surface area contributed by atoms with Crippen LogP contribution < -0.4 is 29.6 Å². The molecular formula is C10H10N3NaO2. The molecule has 2 heterocycles. The van der Waals surface area contributed by atoms with Gasteiger partial charge in [-0.25, -0.2) is 0 Å². The summed E-state index contributed by atoms with van der Waals surface area (Å²) < 4.78 is 0. The number of hydrazine groups is 1. The zero-order valence-electron chi connectivity index (χ0n) is 9.04. The molecule has 0 saturated carbocycles. The van der Waals surface area contributed by atoms with Crippen LogP contribution in [0.5, 0.6) is 0 Å². The van der Waals surface area contributed by atoms with E-state index in [1.54, 1.807) is 0 Å². The summed E-state index contributed by atoms with van der Waals surface area (Å²) >= 11 is 0. The van der Waals surface area contributed by atoms with Gasteiger partial charge in [-0.2, -0.15) is 0 Å². The van der Waals surface area contributed by atoms with E-state index in [9.17, 15) is 10.4 Å². The standard InChI is InChI=1S/C10H11N3O2.Na/c14-11-13(15)12-9-5-6-10(12)8-4-2-1-3-7(8)9;/h1-4,9-10,14H,5-6H2;/q;+1/p-1/b13-11+;/t9-,10+;. The maximum Gasteiger partial charge on any atom is 1.00 e. The van der Waals surface area contributed by atoms with Crippen LogP contribution in [-0.2, 0) is 0 Å². The van der Waals surface area contributed by atoms with Gasteiger partial charge in [-0.05, 0) is 29.2 Å². The van der Waals surface area contributed by atoms with Crippen LogP contribution in [0.4, 0.5) is 0 Å². The number of rotatable bonds is 1. The summed E-state index contributed by atoms with van der Waals surface area (Å²) in [5, 5.41) is 25.6. The third-order valence-corrected chi connectivity index (χ3v) is 3.33. The number of hydrogen-bond acceptors (Lipinski definition) is 3. The van der Waals surface area contributed by atoms with Gasteiger partial charge in [-0.3, -0.25) is 0 Å². The van der Waals surface area contributed by atoms with Gasteiger partial charge in [-0.15, -0.1) is 5.01 Å². The molecular weight excluding hydrogens is 217 g/mol. The Morgan fingerprint density at radius 3 is 2.12 bits per heavy atom. The summed E-state index contributed by atoms with van der Waals surface area (Å²) in [6.45, 7) is 0. The van der Waals surface area contributed by atoms with Gasteiger partial charge < -0.3 is 10.4 Å². The molecule has 1 fully saturated rings. The third kappa shape index (κ3) is 1.43. The molecule has 2 aliphatic rings. The monoisotopic (exact) mass is 227 g/mol. The minimum absolute atomic E-state index is 0. The first-order chi connectivity index (χ1) is 7.33. The van der Waals surface area contributed by atoms with Crippen molar-refractivity contribution in [3.8, 4) is 0 Å². The van der Waals surface area contributed by atoms with Crippen molar-refractivity contribution in [3.05, 3.63) is 45.8 Å². The molecule has 1 aromatic rings. The van der Waals surface area contributed by atoms with Gasteiger partial charge >= 0.3 is 29.6 Å². The zero-order valence-corrected chi connectivity index (χ0v) is 11.0. The van der Waals surface area contributed by atoms with E-state index < -0.39 is 0 Å². The van der Waals surface area contributed by atoms with E-state index in [2.05, 4.69) is 5.28 Å². The van der Waals surface area contributed by atoms with Crippen LogP contribution in [-0.4, -0.2) is 9.98 Å². The fourth-order valence-electron chi connectivity index (χ4n) is 2.79. The molecule has 2 atom stereocenters. The zero-order chi connectivity index (χ0) is 10.4. The Morgan fingerprint density at radius 1 is 1.19 bits per heavy atom. The van der Waals surface area contributed by atoms with E-state index in [4.69, 9.17) is 0 Å². The Hall–Kier alpha value is -0.780. The molecule has 3 rings (SSSR count). The molecule has 0 aliphatic carbocycles. The first kappa shape index (κ1) is 11.7. The van der Waals surface area contributed by atoms with Crippen molar-refractivity contribution in [2.75, 3.05) is 0 Å². The van der Waals surface area contributed by atoms with E-state index >= 15 is 0 Å². The largest absolute Gasteiger partial charge is 1.00 e. The van der Waals surface area contributed by atoms with Crippen molar-refractivity contribution in [2.24, 2.45) is 5.28 Å². The van der Waals surface area contributed by atoms with Crippen molar-refractivity contribution in [3.63, 3.8) is 0 Å². The second kappa shape index (κ2) is 4.24. The molecule has 0 N–H and O–H groups in total. The molecule has 2 bridgehead atoms. The maximum atomic E-state index is 11.3. The summed E-state index contributed by atoms with van der Waals surface area (Å²) in [5.41, 5.74) is 2.33. The summed E-state index contributed by atoms with van der Waals surface area (Å²) in [4.78, 5) is 0.197. The van der Waals surface area contributed by atoms with Crippen LogP contribution >= 0.6 is 0 Å². The predicted octanol–water partition coefficient (Wildman–Crippen LogP) is -0.742. The van der Waals surface area contributed by atoms with Crippen molar-refractivity contribution < 1.29 is 34.5 Å². The van der Waals surface area contributed by atoms with Gasteiger partial charge in [0, 0.05) is 4.97 Å². The number of fused-ring (bicyclic) bond motifs is 5. The van der Waals surface area contributed by atoms with Crippen LogP contribution in [0.1, 0.15) is 36.1 Å². The van der Waals surface area contributed by atoms with Gasteiger partial charge in [-0.1, -0.05) is 24.3 Å². The Bertz CT molecular complexity index is 407. The quantitative estimate of drug-likeness (QED) is 0.274. The molecule has 6 heteroatoms. The molecule has 0 radical (unpaired) electrons. The van der Waals surface area contributed by atoms with Crippen LogP contribution in [0.25, 0.3) is 0 Å². The van der Waals surface area contributed by atoms with Crippen LogP contribution in [0, 0.1) is 10.4 Å². The van der Waals surface area contributed by atoms with Crippen LogP contribution in [0.3, 0.4) is 0 Å². The summed E-state index contributed by atoms with van der Waals surface area (Å²) in [5.74, 6) is 0. The molecule has 16 heavy (non-hydrogen) atoms. The Balaban J connectivity index is 0.000000963. The number of hydrogen-bond donors (Lipinski definition) is 0. The fraction of sp³-hybridized carbons (Fsp3) is 0.400. The molecule has 0 amide bonds. The van der Waals surface area contributed by atoms with E-state index in [0.29, 0.717) is 0 Å². The van der Waals surface area contributed by atoms with Crippen LogP contribution in [0.2, 0.25) is 0 Å². The van der Waals surface area contributed by atoms with Gasteiger partial charge in [0.15, 0.2) is 0 Å². The van der Waals surface area contributed by atoms with E-state index in [1.165, 1.54) is 16.1 Å². The molecule has 1 aromatic carbocycles. The van der Waals surface area contributed by atoms with Gasteiger partial charge in [0.25, 0.3) is 0 Å². The predicted molar refractivity (Wildman–Crippen MR) is 52.4 cm³/mol. The summed E-state index contributed by atoms with van der Waals surface area (Å²) in [6, 6.07) is 8.04. The second-order valence-corrected chi connectivity index (χ2v) is 3.95. The average molecular weight is 227 g/mol. The summed E-state index contributed by atoms with van der Waals surface area (Å²) in [6.07, 6.45) is 1.85. The molecule has 0 unspecified atom stereocenters. The molecule has 0 aromatic heterocycles. The molecule has 5 nitrogen and oxygen atoms in total. The number of nitrogens with zero attached hydrogens (tertiary/aromatic N) is 3. The summed E-state index contributed by atoms with van der Waals surface area (Å²) in [7, 11) is 0. The fourth-order valence-corrected chi connectivity index (χ4v) is 2.79. The first-order valence-corrected chi connectivity index (χ1v) is 5.00. The third-order valence-electron chi connectivity index (χ3n) is 3.33. The molecule has 2 aliphatic heterocycles. The molecule has 0 spiro atoms. The second-order valence-electron chi connectivity index (χ2n) is 3.95. The minimum Gasteiger partial charge on any atom is -0.737 e. The molecule has 1 saturated heterocycles. The van der Waals surface area contributed by atoms with Crippen molar-refractivity contribution >= 4 is 0 Å². The van der Waals surface area contributed by atoms with Gasteiger partial charge in [0.2, 0.25) is 0 Å². The SMILES string of the molecule is [Na+].[O-]/N=[N+](/[O-])N1[C@@H]2CC[C@H]1c1ccccc12. The van der Waals surface area contributed by atoms with Crippen molar-refractivity contribution in [2.45, 2.75) is 24.9 Å². The number of benzene rings is 1. The minimum atomic E-state index is 0. The Morgan fingerprint density at radius 2 is 1.69 bits per heavy atom. The van der Waals surface area contributed by atoms with Crippen molar-refractivity contribution in [1.82, 2.24) is 5.01 Å². The van der Waals surface area contributed by atoms with Crippen LogP contribution in [0.15, 0.2) is 29.5 Å². The average Bonchev–Trinajstić information content (AvgIpc) is 2.84. The topological polar surface area (TPSA) is 64.7 Å². The van der Waals surface area contributed by atoms with Crippen molar-refractivity contribution in [1.29, 1.82) is 0 Å². The van der Waals surface area contributed by atoms with E-state index in [0.717, 1.165) is 12.8 Å². The van der Waals surface area contributed by atoms with E-state index in [-0.39, 0.29) is 46.6 Å². The Labute approximate surface area is 115 Å². The Kier molecular flexibility index (Phi) is 3.10. The van der Waals surface area contributed by atoms with E-state index in [1.807, 2.05) is 24.3 Å².